The van der Waals surface area contributed by atoms with Crippen LogP contribution in [0.3, 0.4) is 0 Å². The fourth-order valence-electron chi connectivity index (χ4n) is 1.95. The smallest absolute Gasteiger partial charge is 0.135 e. The normalized spacial score (nSPS) is 10.3. The molecule has 0 saturated carbocycles. The summed E-state index contributed by atoms with van der Waals surface area (Å²) in [4.78, 5) is 12.4. The monoisotopic (exact) mass is 345 g/mol. The van der Waals surface area contributed by atoms with Crippen molar-refractivity contribution >= 4 is 40.5 Å². The van der Waals surface area contributed by atoms with Crippen molar-refractivity contribution in [1.82, 2.24) is 15.0 Å². The van der Waals surface area contributed by atoms with E-state index in [2.05, 4.69) is 25.6 Å². The largest absolute Gasteiger partial charge is 0.366 e. The zero-order valence-corrected chi connectivity index (χ0v) is 13.5. The summed E-state index contributed by atoms with van der Waals surface area (Å²) >= 11 is 12.1. The lowest BCUT2D eigenvalue weighted by Gasteiger charge is -2.10. The quantitative estimate of drug-likeness (QED) is 0.710. The number of hydrogen-bond donors (Lipinski definition) is 2. The molecule has 0 aliphatic rings. The molecule has 2 aromatic heterocycles. The Kier molecular flexibility index (Phi) is 4.90. The predicted octanol–water partition coefficient (Wildman–Crippen LogP) is 4.53. The SMILES string of the molecule is Clc1ccc(Cl)c(Nc2cc(NCc3ccncc3)ncn2)c1. The summed E-state index contributed by atoms with van der Waals surface area (Å²) in [5, 5.41) is 7.54. The highest BCUT2D eigenvalue weighted by molar-refractivity contribution is 6.35. The topological polar surface area (TPSA) is 62.7 Å². The summed E-state index contributed by atoms with van der Waals surface area (Å²) in [6, 6.07) is 10.9. The van der Waals surface area contributed by atoms with E-state index in [4.69, 9.17) is 23.2 Å². The molecule has 116 valence electrons. The van der Waals surface area contributed by atoms with Crippen molar-refractivity contribution in [3.8, 4) is 0 Å². The second-order valence-electron chi connectivity index (χ2n) is 4.75. The number of nitrogens with one attached hydrogen (secondary N) is 2. The van der Waals surface area contributed by atoms with Crippen LogP contribution in [0.5, 0.6) is 0 Å². The van der Waals surface area contributed by atoms with Gasteiger partial charge in [0.15, 0.2) is 0 Å². The first-order valence-corrected chi connectivity index (χ1v) is 7.63. The summed E-state index contributed by atoms with van der Waals surface area (Å²) in [5.74, 6) is 1.33. The van der Waals surface area contributed by atoms with Gasteiger partial charge < -0.3 is 10.6 Å². The maximum absolute atomic E-state index is 6.14. The van der Waals surface area contributed by atoms with Crippen LogP contribution in [0.2, 0.25) is 10.0 Å². The summed E-state index contributed by atoms with van der Waals surface area (Å²) in [6.45, 7) is 0.650. The van der Waals surface area contributed by atoms with Crippen LogP contribution in [0, 0.1) is 0 Å². The number of aromatic nitrogens is 3. The van der Waals surface area contributed by atoms with Gasteiger partial charge in [-0.05, 0) is 35.9 Å². The number of pyridine rings is 1. The second-order valence-corrected chi connectivity index (χ2v) is 5.59. The molecule has 0 fully saturated rings. The summed E-state index contributed by atoms with van der Waals surface area (Å²) in [7, 11) is 0. The van der Waals surface area contributed by atoms with E-state index in [9.17, 15) is 0 Å². The van der Waals surface area contributed by atoms with E-state index in [1.54, 1.807) is 36.7 Å². The minimum absolute atomic E-state index is 0.569. The Bertz CT molecular complexity index is 795. The van der Waals surface area contributed by atoms with Crippen molar-refractivity contribution in [2.24, 2.45) is 0 Å². The first kappa shape index (κ1) is 15.5. The Labute approximate surface area is 143 Å². The number of anilines is 3. The van der Waals surface area contributed by atoms with Crippen LogP contribution in [0.25, 0.3) is 0 Å². The van der Waals surface area contributed by atoms with Crippen molar-refractivity contribution in [2.75, 3.05) is 10.6 Å². The van der Waals surface area contributed by atoms with Gasteiger partial charge in [0.05, 0.1) is 10.7 Å². The van der Waals surface area contributed by atoms with Gasteiger partial charge in [-0.25, -0.2) is 9.97 Å². The molecule has 3 aromatic rings. The van der Waals surface area contributed by atoms with Gasteiger partial charge in [0.25, 0.3) is 0 Å². The van der Waals surface area contributed by atoms with Gasteiger partial charge >= 0.3 is 0 Å². The molecule has 0 spiro atoms. The predicted molar refractivity (Wildman–Crippen MR) is 93.3 cm³/mol. The molecular weight excluding hydrogens is 333 g/mol. The minimum Gasteiger partial charge on any atom is -0.366 e. The van der Waals surface area contributed by atoms with Gasteiger partial charge in [-0.3, -0.25) is 4.98 Å². The third-order valence-electron chi connectivity index (χ3n) is 3.08. The van der Waals surface area contributed by atoms with Crippen LogP contribution in [0.4, 0.5) is 17.3 Å². The third kappa shape index (κ3) is 4.31. The average molecular weight is 346 g/mol. The van der Waals surface area contributed by atoms with Crippen molar-refractivity contribution in [3.63, 3.8) is 0 Å². The van der Waals surface area contributed by atoms with Gasteiger partial charge in [-0.15, -0.1) is 0 Å². The van der Waals surface area contributed by atoms with E-state index in [0.717, 1.165) is 5.56 Å². The van der Waals surface area contributed by atoms with Crippen LogP contribution in [0.15, 0.2) is 55.1 Å². The zero-order chi connectivity index (χ0) is 16.1. The molecule has 23 heavy (non-hydrogen) atoms. The van der Waals surface area contributed by atoms with E-state index >= 15 is 0 Å². The van der Waals surface area contributed by atoms with Gasteiger partial charge in [0.1, 0.15) is 18.0 Å². The Morgan fingerprint density at radius 3 is 2.52 bits per heavy atom. The maximum atomic E-state index is 6.14. The Morgan fingerprint density at radius 2 is 1.70 bits per heavy atom. The molecule has 0 aliphatic heterocycles. The molecular formula is C16H13Cl2N5. The molecule has 0 aliphatic carbocycles. The number of nitrogens with zero attached hydrogens (tertiary/aromatic N) is 3. The van der Waals surface area contributed by atoms with Crippen LogP contribution in [0.1, 0.15) is 5.56 Å². The molecule has 1 aromatic carbocycles. The number of rotatable bonds is 5. The molecule has 0 amide bonds. The van der Waals surface area contributed by atoms with Crippen LogP contribution < -0.4 is 10.6 Å². The van der Waals surface area contributed by atoms with E-state index in [0.29, 0.717) is 33.9 Å². The lowest BCUT2D eigenvalue weighted by atomic mass is 10.3. The highest BCUT2D eigenvalue weighted by atomic mass is 35.5. The van der Waals surface area contributed by atoms with E-state index in [1.807, 2.05) is 12.1 Å². The molecule has 7 heteroatoms. The minimum atomic E-state index is 0.569. The molecule has 2 N–H and O–H groups in total. The summed E-state index contributed by atoms with van der Waals surface area (Å²) in [6.07, 6.45) is 4.99. The summed E-state index contributed by atoms with van der Waals surface area (Å²) in [5.41, 5.74) is 1.81. The number of hydrogen-bond acceptors (Lipinski definition) is 5. The third-order valence-corrected chi connectivity index (χ3v) is 3.65. The molecule has 0 radical (unpaired) electrons. The fourth-order valence-corrected chi connectivity index (χ4v) is 2.28. The van der Waals surface area contributed by atoms with Gasteiger partial charge in [0.2, 0.25) is 0 Å². The highest BCUT2D eigenvalue weighted by Crippen LogP contribution is 2.28. The maximum Gasteiger partial charge on any atom is 0.135 e. The second kappa shape index (κ2) is 7.26. The Morgan fingerprint density at radius 1 is 0.913 bits per heavy atom. The highest BCUT2D eigenvalue weighted by Gasteiger charge is 2.04. The Balaban J connectivity index is 1.71. The summed E-state index contributed by atoms with van der Waals surface area (Å²) < 4.78 is 0. The molecule has 5 nitrogen and oxygen atoms in total. The van der Waals surface area contributed by atoms with Crippen molar-refractivity contribution in [1.29, 1.82) is 0 Å². The molecule has 0 unspecified atom stereocenters. The average Bonchev–Trinajstić information content (AvgIpc) is 2.58. The van der Waals surface area contributed by atoms with Crippen molar-refractivity contribution < 1.29 is 0 Å². The number of halogens is 2. The molecule has 3 rings (SSSR count). The van der Waals surface area contributed by atoms with Gasteiger partial charge in [0, 0.05) is 30.0 Å². The first-order chi connectivity index (χ1) is 11.2. The van der Waals surface area contributed by atoms with Gasteiger partial charge in [-0.2, -0.15) is 0 Å². The van der Waals surface area contributed by atoms with Crippen LogP contribution in [-0.4, -0.2) is 15.0 Å². The molecule has 0 saturated heterocycles. The van der Waals surface area contributed by atoms with Crippen molar-refractivity contribution in [2.45, 2.75) is 6.54 Å². The van der Waals surface area contributed by atoms with Crippen molar-refractivity contribution in [3.05, 3.63) is 70.7 Å². The molecule has 0 bridgehead atoms. The van der Waals surface area contributed by atoms with Gasteiger partial charge in [-0.1, -0.05) is 23.2 Å². The number of benzene rings is 1. The van der Waals surface area contributed by atoms with E-state index < -0.39 is 0 Å². The zero-order valence-electron chi connectivity index (χ0n) is 12.0. The standard InChI is InChI=1S/C16H13Cl2N5/c17-12-1-2-13(18)14(7-12)23-16-8-15(21-10-22-16)20-9-11-3-5-19-6-4-11/h1-8,10H,9H2,(H2,20,21,22,23). The Hall–Kier alpha value is -2.37. The first-order valence-electron chi connectivity index (χ1n) is 6.87. The molecule has 0 atom stereocenters. The molecule has 2 heterocycles. The van der Waals surface area contributed by atoms with Crippen LogP contribution >= 0.6 is 23.2 Å². The lowest BCUT2D eigenvalue weighted by Crippen LogP contribution is -2.03. The van der Waals surface area contributed by atoms with Crippen LogP contribution in [-0.2, 0) is 6.54 Å². The van der Waals surface area contributed by atoms with E-state index in [1.165, 1.54) is 6.33 Å². The van der Waals surface area contributed by atoms with E-state index in [-0.39, 0.29) is 0 Å². The lowest BCUT2D eigenvalue weighted by molar-refractivity contribution is 1.07. The fraction of sp³-hybridized carbons (Fsp3) is 0.0625.